The Kier molecular flexibility index (Phi) is 4.12. The van der Waals surface area contributed by atoms with Gasteiger partial charge in [0.15, 0.2) is 0 Å². The van der Waals surface area contributed by atoms with E-state index in [4.69, 9.17) is 9.84 Å². The maximum absolute atomic E-state index is 8.97. The molecule has 0 bridgehead atoms. The van der Waals surface area contributed by atoms with Crippen molar-refractivity contribution in [1.82, 2.24) is 9.97 Å². The Morgan fingerprint density at radius 1 is 1.26 bits per heavy atom. The van der Waals surface area contributed by atoms with Crippen molar-refractivity contribution in [3.8, 4) is 17.0 Å². The topological polar surface area (TPSA) is 55.2 Å². The summed E-state index contributed by atoms with van der Waals surface area (Å²) in [4.78, 5) is 8.62. The van der Waals surface area contributed by atoms with Crippen molar-refractivity contribution in [3.63, 3.8) is 0 Å². The van der Waals surface area contributed by atoms with Crippen molar-refractivity contribution < 1.29 is 9.84 Å². The highest BCUT2D eigenvalue weighted by molar-refractivity contribution is 5.70. The summed E-state index contributed by atoms with van der Waals surface area (Å²) in [5, 5.41) is 8.97. The Labute approximate surface area is 113 Å². The molecule has 0 unspecified atom stereocenters. The third kappa shape index (κ3) is 2.90. The number of rotatable bonds is 4. The summed E-state index contributed by atoms with van der Waals surface area (Å²) in [6.45, 7) is 4.12. The number of benzene rings is 1. The van der Waals surface area contributed by atoms with Gasteiger partial charge in [-0.3, -0.25) is 0 Å². The van der Waals surface area contributed by atoms with Crippen LogP contribution >= 0.6 is 0 Å². The highest BCUT2D eigenvalue weighted by Gasteiger charge is 2.11. The fourth-order valence-electron chi connectivity index (χ4n) is 2.19. The minimum Gasteiger partial charge on any atom is -0.496 e. The quantitative estimate of drug-likeness (QED) is 0.914. The second-order valence-electron chi connectivity index (χ2n) is 4.49. The van der Waals surface area contributed by atoms with Crippen molar-refractivity contribution in [2.75, 3.05) is 13.7 Å². The van der Waals surface area contributed by atoms with E-state index in [2.05, 4.69) is 22.1 Å². The zero-order valence-corrected chi connectivity index (χ0v) is 11.5. The first-order valence-electron chi connectivity index (χ1n) is 6.24. The van der Waals surface area contributed by atoms with Crippen LogP contribution in [0.5, 0.6) is 5.75 Å². The van der Waals surface area contributed by atoms with Crippen molar-refractivity contribution >= 4 is 0 Å². The van der Waals surface area contributed by atoms with Crippen molar-refractivity contribution in [3.05, 3.63) is 41.3 Å². The zero-order valence-electron chi connectivity index (χ0n) is 11.5. The summed E-state index contributed by atoms with van der Waals surface area (Å²) in [5.74, 6) is 1.47. The van der Waals surface area contributed by atoms with Gasteiger partial charge in [-0.15, -0.1) is 0 Å². The van der Waals surface area contributed by atoms with Gasteiger partial charge in [0.1, 0.15) is 11.6 Å². The molecule has 19 heavy (non-hydrogen) atoms. The number of aliphatic hydroxyl groups is 1. The van der Waals surface area contributed by atoms with Crippen LogP contribution in [-0.2, 0) is 6.42 Å². The number of aromatic nitrogens is 2. The third-order valence-electron chi connectivity index (χ3n) is 2.94. The summed E-state index contributed by atoms with van der Waals surface area (Å²) < 4.78 is 5.48. The number of methoxy groups -OCH3 is 1. The lowest BCUT2D eigenvalue weighted by atomic mass is 10.0. The molecular weight excluding hydrogens is 240 g/mol. The van der Waals surface area contributed by atoms with Gasteiger partial charge in [-0.05, 0) is 37.1 Å². The molecule has 1 aromatic heterocycles. The molecule has 0 saturated carbocycles. The Balaban J connectivity index is 2.54. The largest absolute Gasteiger partial charge is 0.496 e. The first kappa shape index (κ1) is 13.5. The van der Waals surface area contributed by atoms with Crippen LogP contribution in [-0.4, -0.2) is 28.8 Å². The van der Waals surface area contributed by atoms with Crippen molar-refractivity contribution in [2.24, 2.45) is 0 Å². The number of hydrogen-bond donors (Lipinski definition) is 1. The van der Waals surface area contributed by atoms with E-state index in [1.807, 2.05) is 19.9 Å². The number of nitrogens with zero attached hydrogens (tertiary/aromatic N) is 2. The van der Waals surface area contributed by atoms with E-state index in [1.165, 1.54) is 0 Å². The van der Waals surface area contributed by atoms with E-state index >= 15 is 0 Å². The van der Waals surface area contributed by atoms with E-state index in [0.29, 0.717) is 12.2 Å². The first-order valence-corrected chi connectivity index (χ1v) is 6.24. The summed E-state index contributed by atoms with van der Waals surface area (Å²) in [6.07, 6.45) is 2.17. The van der Waals surface area contributed by atoms with Gasteiger partial charge in [-0.1, -0.05) is 6.07 Å². The maximum atomic E-state index is 8.97. The molecular formula is C15H18N2O2. The molecule has 1 aromatic carbocycles. The Morgan fingerprint density at radius 2 is 2.05 bits per heavy atom. The number of hydrogen-bond acceptors (Lipinski definition) is 4. The van der Waals surface area contributed by atoms with Crippen LogP contribution in [0, 0.1) is 13.8 Å². The summed E-state index contributed by atoms with van der Waals surface area (Å²) in [6, 6.07) is 5.99. The van der Waals surface area contributed by atoms with Crippen LogP contribution in [0.15, 0.2) is 24.4 Å². The Hall–Kier alpha value is -1.94. The van der Waals surface area contributed by atoms with Gasteiger partial charge in [0.25, 0.3) is 0 Å². The lowest BCUT2D eigenvalue weighted by Crippen LogP contribution is -2.01. The molecule has 0 saturated heterocycles. The van der Waals surface area contributed by atoms with Gasteiger partial charge in [0.2, 0.25) is 0 Å². The molecule has 100 valence electrons. The standard InChI is InChI=1S/C15H18N2O2/c1-10-8-11(2)15(19-3)12(9-10)13-4-6-16-14(17-13)5-7-18/h4,6,8-9,18H,5,7H2,1-3H3. The number of ether oxygens (including phenoxy) is 1. The molecule has 0 radical (unpaired) electrons. The maximum Gasteiger partial charge on any atom is 0.131 e. The highest BCUT2D eigenvalue weighted by atomic mass is 16.5. The molecule has 0 fully saturated rings. The van der Waals surface area contributed by atoms with Crippen LogP contribution in [0.25, 0.3) is 11.3 Å². The van der Waals surface area contributed by atoms with Gasteiger partial charge in [-0.25, -0.2) is 9.97 Å². The molecule has 2 aromatic rings. The SMILES string of the molecule is COc1c(C)cc(C)cc1-c1ccnc(CCO)n1. The minimum absolute atomic E-state index is 0.0490. The fourth-order valence-corrected chi connectivity index (χ4v) is 2.19. The smallest absolute Gasteiger partial charge is 0.131 e. The molecule has 0 aliphatic rings. The van der Waals surface area contributed by atoms with E-state index in [1.54, 1.807) is 13.3 Å². The van der Waals surface area contributed by atoms with Crippen LogP contribution in [0.4, 0.5) is 0 Å². The van der Waals surface area contributed by atoms with Crippen molar-refractivity contribution in [1.29, 1.82) is 0 Å². The lowest BCUT2D eigenvalue weighted by Gasteiger charge is -2.12. The molecule has 0 spiro atoms. The van der Waals surface area contributed by atoms with E-state index in [9.17, 15) is 0 Å². The van der Waals surface area contributed by atoms with Crippen LogP contribution in [0.1, 0.15) is 17.0 Å². The molecule has 0 aliphatic heterocycles. The van der Waals surface area contributed by atoms with Crippen molar-refractivity contribution in [2.45, 2.75) is 20.3 Å². The predicted molar refractivity (Wildman–Crippen MR) is 74.3 cm³/mol. The van der Waals surface area contributed by atoms with Gasteiger partial charge >= 0.3 is 0 Å². The molecule has 0 amide bonds. The van der Waals surface area contributed by atoms with E-state index in [0.717, 1.165) is 28.1 Å². The van der Waals surface area contributed by atoms with Gasteiger partial charge in [0, 0.05) is 18.2 Å². The number of aliphatic hydroxyl groups excluding tert-OH is 1. The molecule has 4 heteroatoms. The average Bonchev–Trinajstić information content (AvgIpc) is 2.38. The third-order valence-corrected chi connectivity index (χ3v) is 2.94. The predicted octanol–water partition coefficient (Wildman–Crippen LogP) is 2.30. The fraction of sp³-hybridized carbons (Fsp3) is 0.333. The Morgan fingerprint density at radius 3 is 2.74 bits per heavy atom. The number of aryl methyl sites for hydroxylation is 2. The molecule has 0 atom stereocenters. The molecule has 4 nitrogen and oxygen atoms in total. The second-order valence-corrected chi connectivity index (χ2v) is 4.49. The van der Waals surface area contributed by atoms with Gasteiger partial charge < -0.3 is 9.84 Å². The van der Waals surface area contributed by atoms with E-state index in [-0.39, 0.29) is 6.61 Å². The monoisotopic (exact) mass is 258 g/mol. The molecule has 0 aliphatic carbocycles. The molecule has 1 heterocycles. The van der Waals surface area contributed by atoms with Crippen LogP contribution in [0.2, 0.25) is 0 Å². The lowest BCUT2D eigenvalue weighted by molar-refractivity contribution is 0.296. The molecule has 2 rings (SSSR count). The summed E-state index contributed by atoms with van der Waals surface area (Å²) in [5.41, 5.74) is 4.03. The molecule has 1 N–H and O–H groups in total. The van der Waals surface area contributed by atoms with E-state index < -0.39 is 0 Å². The van der Waals surface area contributed by atoms with Crippen LogP contribution in [0.3, 0.4) is 0 Å². The minimum atomic E-state index is 0.0490. The Bertz CT molecular complexity index is 582. The summed E-state index contributed by atoms with van der Waals surface area (Å²) >= 11 is 0. The summed E-state index contributed by atoms with van der Waals surface area (Å²) in [7, 11) is 1.66. The highest BCUT2D eigenvalue weighted by Crippen LogP contribution is 2.32. The zero-order chi connectivity index (χ0) is 13.8. The first-order chi connectivity index (χ1) is 9.15. The van der Waals surface area contributed by atoms with Gasteiger partial charge in [-0.2, -0.15) is 0 Å². The van der Waals surface area contributed by atoms with Gasteiger partial charge in [0.05, 0.1) is 19.4 Å². The average molecular weight is 258 g/mol. The second kappa shape index (κ2) is 5.80. The normalized spacial score (nSPS) is 10.5. The van der Waals surface area contributed by atoms with Crippen LogP contribution < -0.4 is 4.74 Å².